The van der Waals surface area contributed by atoms with Crippen molar-refractivity contribution in [3.8, 4) is 11.5 Å². The quantitative estimate of drug-likeness (QED) is 0.737. The van der Waals surface area contributed by atoms with Crippen molar-refractivity contribution in [2.75, 3.05) is 20.2 Å². The van der Waals surface area contributed by atoms with Crippen LogP contribution in [0.25, 0.3) is 16.5 Å². The van der Waals surface area contributed by atoms with Crippen LogP contribution in [0.2, 0.25) is 0 Å². The van der Waals surface area contributed by atoms with Gasteiger partial charge in [-0.3, -0.25) is 4.79 Å². The minimum atomic E-state index is -0.177. The van der Waals surface area contributed by atoms with Crippen molar-refractivity contribution in [2.45, 2.75) is 13.3 Å². The number of amides is 1. The van der Waals surface area contributed by atoms with E-state index in [-0.39, 0.29) is 17.2 Å². The average Bonchev–Trinajstić information content (AvgIpc) is 3.13. The van der Waals surface area contributed by atoms with Crippen LogP contribution in [0.5, 0.6) is 11.5 Å². The molecule has 4 rings (SSSR count). The van der Waals surface area contributed by atoms with Gasteiger partial charge in [-0.2, -0.15) is 0 Å². The van der Waals surface area contributed by atoms with Gasteiger partial charge in [-0.15, -0.1) is 0 Å². The van der Waals surface area contributed by atoms with Gasteiger partial charge in [0, 0.05) is 35.8 Å². The molecule has 0 atom stereocenters. The number of fused-ring (bicyclic) bond motifs is 1. The van der Waals surface area contributed by atoms with Crippen molar-refractivity contribution in [3.05, 3.63) is 65.4 Å². The first kappa shape index (κ1) is 17.2. The second kappa shape index (κ2) is 6.83. The number of aromatic amines is 1. The summed E-state index contributed by atoms with van der Waals surface area (Å²) in [6, 6.07) is 11.6. The van der Waals surface area contributed by atoms with Crippen molar-refractivity contribution < 1.29 is 14.6 Å². The Bertz CT molecular complexity index is 1050. The fraction of sp³-hybridized carbons (Fsp3) is 0.227. The number of carbonyl (C=O) groups is 1. The molecule has 5 heteroatoms. The Morgan fingerprint density at radius 3 is 2.81 bits per heavy atom. The van der Waals surface area contributed by atoms with Crippen LogP contribution in [-0.2, 0) is 0 Å². The molecule has 2 N–H and O–H groups in total. The van der Waals surface area contributed by atoms with Crippen molar-refractivity contribution >= 4 is 22.4 Å². The summed E-state index contributed by atoms with van der Waals surface area (Å²) >= 11 is 0. The first-order valence-electron chi connectivity index (χ1n) is 9.01. The lowest BCUT2D eigenvalue weighted by atomic mass is 9.98. The molecule has 0 radical (unpaired) electrons. The molecule has 0 unspecified atom stereocenters. The van der Waals surface area contributed by atoms with Gasteiger partial charge in [0.05, 0.1) is 12.7 Å². The number of aryl methyl sites for hydroxylation is 1. The van der Waals surface area contributed by atoms with Crippen LogP contribution in [0.1, 0.15) is 27.9 Å². The van der Waals surface area contributed by atoms with Crippen LogP contribution >= 0.6 is 0 Å². The van der Waals surface area contributed by atoms with Gasteiger partial charge in [0.2, 0.25) is 0 Å². The van der Waals surface area contributed by atoms with Gasteiger partial charge in [-0.05, 0) is 42.7 Å². The van der Waals surface area contributed by atoms with E-state index in [2.05, 4.69) is 23.2 Å². The lowest BCUT2D eigenvalue weighted by molar-refractivity contribution is 0.0769. The van der Waals surface area contributed by atoms with E-state index in [9.17, 15) is 9.90 Å². The molecule has 0 bridgehead atoms. The molecule has 2 aromatic carbocycles. The Balaban J connectivity index is 1.59. The SMILES string of the molecule is COc1cc(C)cc(C(=O)N2CC=C(c3c[nH]c4ccccc34)CC2)c1O. The summed E-state index contributed by atoms with van der Waals surface area (Å²) in [5.41, 5.74) is 4.71. The highest BCUT2D eigenvalue weighted by molar-refractivity contribution is 5.99. The smallest absolute Gasteiger partial charge is 0.258 e. The third kappa shape index (κ3) is 3.05. The summed E-state index contributed by atoms with van der Waals surface area (Å²) in [4.78, 5) is 18.0. The number of benzene rings is 2. The summed E-state index contributed by atoms with van der Waals surface area (Å²) in [6.45, 7) is 3.01. The van der Waals surface area contributed by atoms with E-state index in [1.165, 1.54) is 23.6 Å². The molecule has 2 heterocycles. The number of aromatic hydroxyl groups is 1. The highest BCUT2D eigenvalue weighted by atomic mass is 16.5. The fourth-order valence-corrected chi connectivity index (χ4v) is 3.67. The van der Waals surface area contributed by atoms with Gasteiger partial charge in [-0.1, -0.05) is 24.3 Å². The van der Waals surface area contributed by atoms with Crippen molar-refractivity contribution in [2.24, 2.45) is 0 Å². The maximum Gasteiger partial charge on any atom is 0.258 e. The summed E-state index contributed by atoms with van der Waals surface area (Å²) in [7, 11) is 1.49. The zero-order valence-corrected chi connectivity index (χ0v) is 15.5. The van der Waals surface area contributed by atoms with Crippen molar-refractivity contribution in [1.82, 2.24) is 9.88 Å². The molecule has 0 fully saturated rings. The number of hydrogen-bond donors (Lipinski definition) is 2. The van der Waals surface area contributed by atoms with E-state index in [0.717, 1.165) is 17.5 Å². The molecule has 27 heavy (non-hydrogen) atoms. The Hall–Kier alpha value is -3.21. The van der Waals surface area contributed by atoms with E-state index in [1.807, 2.05) is 25.3 Å². The average molecular weight is 362 g/mol. The molecular weight excluding hydrogens is 340 g/mol. The number of aromatic nitrogens is 1. The minimum Gasteiger partial charge on any atom is -0.504 e. The van der Waals surface area contributed by atoms with Gasteiger partial charge in [-0.25, -0.2) is 0 Å². The third-order valence-electron chi connectivity index (χ3n) is 5.10. The van der Waals surface area contributed by atoms with E-state index < -0.39 is 0 Å². The predicted molar refractivity (Wildman–Crippen MR) is 106 cm³/mol. The number of methoxy groups -OCH3 is 1. The number of hydrogen-bond acceptors (Lipinski definition) is 3. The molecule has 5 nitrogen and oxygen atoms in total. The predicted octanol–water partition coefficient (Wildman–Crippen LogP) is 4.12. The van der Waals surface area contributed by atoms with E-state index >= 15 is 0 Å². The second-order valence-electron chi connectivity index (χ2n) is 6.84. The summed E-state index contributed by atoms with van der Waals surface area (Å²) < 4.78 is 5.17. The van der Waals surface area contributed by atoms with Crippen LogP contribution < -0.4 is 4.74 Å². The maximum absolute atomic E-state index is 12.9. The minimum absolute atomic E-state index is 0.0977. The number of nitrogens with zero attached hydrogens (tertiary/aromatic N) is 1. The van der Waals surface area contributed by atoms with Crippen LogP contribution in [0, 0.1) is 6.92 Å². The van der Waals surface area contributed by atoms with Gasteiger partial charge in [0.25, 0.3) is 5.91 Å². The third-order valence-corrected chi connectivity index (χ3v) is 5.10. The van der Waals surface area contributed by atoms with Gasteiger partial charge in [0.1, 0.15) is 0 Å². The molecule has 1 aliphatic rings. The van der Waals surface area contributed by atoms with Crippen LogP contribution in [0.3, 0.4) is 0 Å². The molecule has 1 aromatic heterocycles. The first-order valence-corrected chi connectivity index (χ1v) is 9.01. The zero-order chi connectivity index (χ0) is 19.0. The largest absolute Gasteiger partial charge is 0.504 e. The van der Waals surface area contributed by atoms with Crippen LogP contribution in [0.4, 0.5) is 0 Å². The monoisotopic (exact) mass is 362 g/mol. The number of phenols is 1. The number of para-hydroxylation sites is 1. The molecule has 0 saturated heterocycles. The number of nitrogens with one attached hydrogen (secondary N) is 1. The summed E-state index contributed by atoms with van der Waals surface area (Å²) in [6.07, 6.45) is 4.91. The van der Waals surface area contributed by atoms with E-state index in [4.69, 9.17) is 4.74 Å². The number of H-pyrrole nitrogens is 1. The molecule has 1 amide bonds. The number of phenolic OH excluding ortho intramolecular Hbond substituents is 1. The molecule has 0 spiro atoms. The Morgan fingerprint density at radius 1 is 1.26 bits per heavy atom. The number of ether oxygens (including phenoxy) is 1. The fourth-order valence-electron chi connectivity index (χ4n) is 3.67. The first-order chi connectivity index (χ1) is 13.1. The van der Waals surface area contributed by atoms with Gasteiger partial charge < -0.3 is 19.7 Å². The Morgan fingerprint density at radius 2 is 2.07 bits per heavy atom. The molecule has 0 saturated carbocycles. The normalized spacial score (nSPS) is 14.3. The van der Waals surface area contributed by atoms with Gasteiger partial charge >= 0.3 is 0 Å². The zero-order valence-electron chi connectivity index (χ0n) is 15.5. The van der Waals surface area contributed by atoms with E-state index in [0.29, 0.717) is 18.8 Å². The highest BCUT2D eigenvalue weighted by Gasteiger charge is 2.24. The number of rotatable bonds is 3. The van der Waals surface area contributed by atoms with Crippen LogP contribution in [0.15, 0.2) is 48.7 Å². The van der Waals surface area contributed by atoms with Crippen LogP contribution in [-0.4, -0.2) is 41.1 Å². The molecule has 0 aliphatic carbocycles. The topological polar surface area (TPSA) is 65.6 Å². The molecular formula is C22H22N2O3. The lowest BCUT2D eigenvalue weighted by Crippen LogP contribution is -2.34. The summed E-state index contributed by atoms with van der Waals surface area (Å²) in [5, 5.41) is 11.5. The van der Waals surface area contributed by atoms with Crippen molar-refractivity contribution in [3.63, 3.8) is 0 Å². The molecule has 1 aliphatic heterocycles. The van der Waals surface area contributed by atoms with Gasteiger partial charge in [0.15, 0.2) is 11.5 Å². The Kier molecular flexibility index (Phi) is 4.36. The highest BCUT2D eigenvalue weighted by Crippen LogP contribution is 2.34. The van der Waals surface area contributed by atoms with Crippen molar-refractivity contribution in [1.29, 1.82) is 0 Å². The maximum atomic E-state index is 12.9. The molecule has 3 aromatic rings. The second-order valence-corrected chi connectivity index (χ2v) is 6.84. The van der Waals surface area contributed by atoms with E-state index in [1.54, 1.807) is 17.0 Å². The number of carbonyl (C=O) groups excluding carboxylic acids is 1. The standard InChI is InChI=1S/C22H22N2O3/c1-14-11-17(21(25)20(12-14)27-2)22(26)24-9-7-15(8-10-24)18-13-23-19-6-4-3-5-16(18)19/h3-7,11-13,23,25H,8-10H2,1-2H3. The lowest BCUT2D eigenvalue weighted by Gasteiger charge is -2.27. The summed E-state index contributed by atoms with van der Waals surface area (Å²) in [5.74, 6) is 0.0496. The Labute approximate surface area is 157 Å². The molecule has 138 valence electrons.